The number of H-pyrrole nitrogens is 1. The van der Waals surface area contributed by atoms with E-state index in [4.69, 9.17) is 28.9 Å². The molecule has 0 bridgehead atoms. The van der Waals surface area contributed by atoms with Gasteiger partial charge in [-0.05, 0) is 31.0 Å². The summed E-state index contributed by atoms with van der Waals surface area (Å²) in [5.74, 6) is 0.932. The third kappa shape index (κ3) is 3.09. The molecule has 3 heterocycles. The zero-order valence-corrected chi connectivity index (χ0v) is 15.9. The minimum absolute atomic E-state index is 0.382. The Morgan fingerprint density at radius 1 is 1.35 bits per heavy atom. The van der Waals surface area contributed by atoms with Crippen LogP contribution >= 0.6 is 23.2 Å². The molecule has 1 unspecified atom stereocenters. The summed E-state index contributed by atoms with van der Waals surface area (Å²) in [5, 5.41) is 5.45. The fraction of sp³-hybridized carbons (Fsp3) is 0.333. The molecule has 0 spiro atoms. The number of aromatic nitrogens is 3. The van der Waals surface area contributed by atoms with Gasteiger partial charge >= 0.3 is 0 Å². The van der Waals surface area contributed by atoms with Gasteiger partial charge in [0, 0.05) is 25.8 Å². The topological polar surface area (TPSA) is 82.9 Å². The van der Waals surface area contributed by atoms with E-state index in [9.17, 15) is 0 Å². The number of hydrogen-bond donors (Lipinski definition) is 3. The third-order valence-electron chi connectivity index (χ3n) is 4.91. The summed E-state index contributed by atoms with van der Waals surface area (Å²) in [6.07, 6.45) is 4.40. The van der Waals surface area contributed by atoms with Crippen molar-refractivity contribution in [2.45, 2.75) is 18.9 Å². The van der Waals surface area contributed by atoms with Crippen LogP contribution < -0.4 is 16.0 Å². The van der Waals surface area contributed by atoms with Crippen molar-refractivity contribution in [1.82, 2.24) is 15.0 Å². The van der Waals surface area contributed by atoms with Crippen molar-refractivity contribution in [3.05, 3.63) is 46.3 Å². The van der Waals surface area contributed by atoms with E-state index in [1.807, 2.05) is 18.3 Å². The molecule has 1 aliphatic heterocycles. The van der Waals surface area contributed by atoms with E-state index in [-0.39, 0.29) is 5.54 Å². The molecule has 1 aliphatic rings. The molecule has 1 atom stereocenters. The Bertz CT molecular complexity index is 956. The maximum atomic E-state index is 6.65. The van der Waals surface area contributed by atoms with Crippen LogP contribution in [0.2, 0.25) is 10.0 Å². The first-order chi connectivity index (χ1) is 12.5. The number of nitrogens with one attached hydrogen (secondary N) is 2. The Balaban J connectivity index is 1.52. The fourth-order valence-corrected chi connectivity index (χ4v) is 3.84. The van der Waals surface area contributed by atoms with Crippen LogP contribution in [0.15, 0.2) is 30.7 Å². The minimum atomic E-state index is -0.382. The summed E-state index contributed by atoms with van der Waals surface area (Å²) in [5.41, 5.74) is 9.05. The number of nitrogens with zero attached hydrogens (tertiary/aromatic N) is 3. The lowest BCUT2D eigenvalue weighted by Gasteiger charge is -2.26. The van der Waals surface area contributed by atoms with Crippen molar-refractivity contribution < 1.29 is 0 Å². The standard InChI is InChI=1S/C18H20Cl2N6/c1-11-7-22-16-14(11)17(25-10-24-16)26-6-5-18(21,9-26)8-23-13-4-2-3-12(19)15(13)20/h2-4,7,10,23H,5-6,8-9,21H2,1H3,(H,22,24,25). The largest absolute Gasteiger partial charge is 0.382 e. The summed E-state index contributed by atoms with van der Waals surface area (Å²) in [7, 11) is 0. The van der Waals surface area contributed by atoms with Gasteiger partial charge in [0.1, 0.15) is 17.8 Å². The van der Waals surface area contributed by atoms with Gasteiger partial charge in [-0.25, -0.2) is 9.97 Å². The monoisotopic (exact) mass is 390 g/mol. The molecule has 8 heteroatoms. The zero-order chi connectivity index (χ0) is 18.3. The molecule has 136 valence electrons. The first-order valence-corrected chi connectivity index (χ1v) is 9.23. The highest BCUT2D eigenvalue weighted by atomic mass is 35.5. The molecule has 1 aromatic carbocycles. The van der Waals surface area contributed by atoms with Crippen LogP contribution in [0.25, 0.3) is 11.0 Å². The molecule has 4 rings (SSSR count). The van der Waals surface area contributed by atoms with Crippen molar-refractivity contribution in [1.29, 1.82) is 0 Å². The number of benzene rings is 1. The molecule has 2 aromatic heterocycles. The highest BCUT2D eigenvalue weighted by Gasteiger charge is 2.36. The average Bonchev–Trinajstić information content (AvgIpc) is 3.20. The molecule has 3 aromatic rings. The smallest absolute Gasteiger partial charge is 0.143 e. The number of aryl methyl sites for hydroxylation is 1. The average molecular weight is 391 g/mol. The van der Waals surface area contributed by atoms with Crippen molar-refractivity contribution in [2.75, 3.05) is 29.9 Å². The SMILES string of the molecule is Cc1c[nH]c2ncnc(N3CCC(N)(CNc4cccc(Cl)c4Cl)C3)c12. The summed E-state index contributed by atoms with van der Waals surface area (Å²) in [6, 6.07) is 5.54. The van der Waals surface area contributed by atoms with Gasteiger partial charge in [-0.1, -0.05) is 29.3 Å². The predicted octanol–water partition coefficient (Wildman–Crippen LogP) is 3.59. The highest BCUT2D eigenvalue weighted by molar-refractivity contribution is 6.43. The molecule has 1 saturated heterocycles. The quantitative estimate of drug-likeness (QED) is 0.633. The summed E-state index contributed by atoms with van der Waals surface area (Å²) in [6.45, 7) is 4.21. The van der Waals surface area contributed by atoms with E-state index >= 15 is 0 Å². The zero-order valence-electron chi connectivity index (χ0n) is 14.4. The van der Waals surface area contributed by atoms with Gasteiger partial charge in [0.05, 0.1) is 26.7 Å². The van der Waals surface area contributed by atoms with Crippen LogP contribution in [0.5, 0.6) is 0 Å². The van der Waals surface area contributed by atoms with Crippen molar-refractivity contribution in [2.24, 2.45) is 5.73 Å². The van der Waals surface area contributed by atoms with E-state index < -0.39 is 0 Å². The van der Waals surface area contributed by atoms with E-state index in [0.717, 1.165) is 41.1 Å². The summed E-state index contributed by atoms with van der Waals surface area (Å²) in [4.78, 5) is 14.2. The maximum absolute atomic E-state index is 6.65. The molecule has 0 saturated carbocycles. The van der Waals surface area contributed by atoms with Crippen LogP contribution in [0.4, 0.5) is 11.5 Å². The number of halogens is 2. The second kappa shape index (κ2) is 6.61. The molecular weight excluding hydrogens is 371 g/mol. The first kappa shape index (κ1) is 17.4. The molecule has 0 radical (unpaired) electrons. The van der Waals surface area contributed by atoms with Crippen LogP contribution in [0, 0.1) is 6.92 Å². The van der Waals surface area contributed by atoms with Crippen LogP contribution in [-0.4, -0.2) is 40.1 Å². The predicted molar refractivity (Wildman–Crippen MR) is 107 cm³/mol. The van der Waals surface area contributed by atoms with Gasteiger partial charge in [0.25, 0.3) is 0 Å². The van der Waals surface area contributed by atoms with Gasteiger partial charge in [-0.2, -0.15) is 0 Å². The molecule has 1 fully saturated rings. The lowest BCUT2D eigenvalue weighted by Crippen LogP contribution is -2.48. The first-order valence-electron chi connectivity index (χ1n) is 8.47. The van der Waals surface area contributed by atoms with E-state index in [0.29, 0.717) is 23.1 Å². The Kier molecular flexibility index (Phi) is 4.42. The number of nitrogens with two attached hydrogens (primary N) is 1. The van der Waals surface area contributed by atoms with Gasteiger partial charge in [0.15, 0.2) is 0 Å². The van der Waals surface area contributed by atoms with E-state index in [2.05, 4.69) is 32.1 Å². The lowest BCUT2D eigenvalue weighted by atomic mass is 10.0. The molecule has 4 N–H and O–H groups in total. The number of rotatable bonds is 4. The minimum Gasteiger partial charge on any atom is -0.382 e. The molecule has 26 heavy (non-hydrogen) atoms. The maximum Gasteiger partial charge on any atom is 0.143 e. The second-order valence-corrected chi connectivity index (χ2v) is 7.67. The van der Waals surface area contributed by atoms with Gasteiger partial charge in [-0.15, -0.1) is 0 Å². The molecular formula is C18H20Cl2N6. The number of fused-ring (bicyclic) bond motifs is 1. The van der Waals surface area contributed by atoms with Crippen LogP contribution in [0.1, 0.15) is 12.0 Å². The molecule has 6 nitrogen and oxygen atoms in total. The Morgan fingerprint density at radius 3 is 3.04 bits per heavy atom. The number of hydrogen-bond acceptors (Lipinski definition) is 5. The molecule has 0 aliphatic carbocycles. The van der Waals surface area contributed by atoms with Crippen molar-refractivity contribution in [3.63, 3.8) is 0 Å². The van der Waals surface area contributed by atoms with E-state index in [1.54, 1.807) is 12.4 Å². The number of aromatic amines is 1. The summed E-state index contributed by atoms with van der Waals surface area (Å²) >= 11 is 12.3. The third-order valence-corrected chi connectivity index (χ3v) is 5.73. The van der Waals surface area contributed by atoms with Crippen LogP contribution in [0.3, 0.4) is 0 Å². The van der Waals surface area contributed by atoms with Crippen molar-refractivity contribution >= 4 is 45.7 Å². The van der Waals surface area contributed by atoms with Gasteiger partial charge < -0.3 is 20.9 Å². The van der Waals surface area contributed by atoms with Crippen molar-refractivity contribution in [3.8, 4) is 0 Å². The Hall–Kier alpha value is -2.02. The lowest BCUT2D eigenvalue weighted by molar-refractivity contribution is 0.499. The van der Waals surface area contributed by atoms with E-state index in [1.165, 1.54) is 0 Å². The van der Waals surface area contributed by atoms with Crippen LogP contribution in [-0.2, 0) is 0 Å². The highest BCUT2D eigenvalue weighted by Crippen LogP contribution is 2.33. The normalized spacial score (nSPS) is 20.1. The Labute approximate surface area is 161 Å². The van der Waals surface area contributed by atoms with Gasteiger partial charge in [-0.3, -0.25) is 0 Å². The van der Waals surface area contributed by atoms with Gasteiger partial charge in [0.2, 0.25) is 0 Å². The number of anilines is 2. The second-order valence-electron chi connectivity index (χ2n) is 6.88. The Morgan fingerprint density at radius 2 is 2.19 bits per heavy atom. The summed E-state index contributed by atoms with van der Waals surface area (Å²) < 4.78 is 0. The molecule has 0 amide bonds. The fourth-order valence-electron chi connectivity index (χ4n) is 3.47.